The van der Waals surface area contributed by atoms with E-state index >= 15 is 0 Å². The molecule has 27 heavy (non-hydrogen) atoms. The fourth-order valence-electron chi connectivity index (χ4n) is 3.62. The number of carbonyl (C=O) groups is 1. The molecule has 0 unspecified atom stereocenters. The zero-order valence-electron chi connectivity index (χ0n) is 15.1. The van der Waals surface area contributed by atoms with Crippen LogP contribution in [0.1, 0.15) is 17.5 Å². The molecule has 2 aromatic carbocycles. The van der Waals surface area contributed by atoms with Crippen LogP contribution in [0, 0.1) is 5.92 Å². The summed E-state index contributed by atoms with van der Waals surface area (Å²) in [4.78, 5) is 14.3. The molecule has 1 N–H and O–H groups in total. The number of ether oxygens (including phenoxy) is 3. The van der Waals surface area contributed by atoms with Crippen LogP contribution < -0.4 is 14.2 Å². The first-order valence-electron chi connectivity index (χ1n) is 9.20. The number of hydrogen-bond donors (Lipinski definition) is 1. The molecule has 142 valence electrons. The molecule has 1 saturated heterocycles. The van der Waals surface area contributed by atoms with Crippen molar-refractivity contribution in [1.82, 2.24) is 4.90 Å². The Bertz CT molecular complexity index is 822. The molecule has 0 aromatic heterocycles. The first-order valence-corrected chi connectivity index (χ1v) is 9.20. The van der Waals surface area contributed by atoms with Crippen molar-refractivity contribution < 1.29 is 24.1 Å². The predicted molar refractivity (Wildman–Crippen MR) is 98.8 cm³/mol. The van der Waals surface area contributed by atoms with Crippen LogP contribution in [0.3, 0.4) is 0 Å². The molecule has 1 fully saturated rings. The van der Waals surface area contributed by atoms with E-state index in [-0.39, 0.29) is 25.9 Å². The third kappa shape index (κ3) is 4.17. The largest absolute Gasteiger partial charge is 0.484 e. The zero-order chi connectivity index (χ0) is 18.6. The highest BCUT2D eigenvalue weighted by molar-refractivity contribution is 5.78. The topological polar surface area (TPSA) is 68.2 Å². The van der Waals surface area contributed by atoms with Crippen molar-refractivity contribution >= 4 is 5.91 Å². The van der Waals surface area contributed by atoms with Gasteiger partial charge in [-0.3, -0.25) is 4.79 Å². The molecule has 6 nitrogen and oxygen atoms in total. The Labute approximate surface area is 158 Å². The number of aliphatic hydroxyl groups is 1. The number of nitrogens with zero attached hydrogens (tertiary/aromatic N) is 1. The van der Waals surface area contributed by atoms with Crippen LogP contribution in [-0.2, 0) is 17.8 Å². The Balaban J connectivity index is 1.27. The second kappa shape index (κ2) is 7.88. The lowest BCUT2D eigenvalue weighted by Gasteiger charge is -2.17. The maximum absolute atomic E-state index is 12.5. The Morgan fingerprint density at radius 3 is 2.89 bits per heavy atom. The van der Waals surface area contributed by atoms with E-state index in [0.717, 1.165) is 31.5 Å². The van der Waals surface area contributed by atoms with E-state index in [1.165, 1.54) is 5.56 Å². The maximum Gasteiger partial charge on any atom is 0.260 e. The summed E-state index contributed by atoms with van der Waals surface area (Å²) in [5.74, 6) is 2.38. The summed E-state index contributed by atoms with van der Waals surface area (Å²) < 4.78 is 16.2. The molecule has 0 saturated carbocycles. The van der Waals surface area contributed by atoms with Crippen molar-refractivity contribution in [3.8, 4) is 17.2 Å². The second-order valence-corrected chi connectivity index (χ2v) is 6.98. The van der Waals surface area contributed by atoms with Gasteiger partial charge in [0.1, 0.15) is 5.75 Å². The first kappa shape index (κ1) is 17.7. The molecule has 2 heterocycles. The monoisotopic (exact) mass is 369 g/mol. The van der Waals surface area contributed by atoms with Crippen molar-refractivity contribution in [1.29, 1.82) is 0 Å². The molecule has 0 bridgehead atoms. The van der Waals surface area contributed by atoms with Gasteiger partial charge in [0.25, 0.3) is 5.91 Å². The van der Waals surface area contributed by atoms with Gasteiger partial charge in [0.05, 0.1) is 6.61 Å². The zero-order valence-corrected chi connectivity index (χ0v) is 15.1. The maximum atomic E-state index is 12.5. The third-order valence-corrected chi connectivity index (χ3v) is 5.04. The first-order chi connectivity index (χ1) is 13.2. The SMILES string of the molecule is O=C(COc1ccc2c(c1)OCO2)N1CC[C@@H](Cc2cccc(CO)c2)C1. The van der Waals surface area contributed by atoms with Crippen molar-refractivity contribution in [3.63, 3.8) is 0 Å². The number of amides is 1. The van der Waals surface area contributed by atoms with Gasteiger partial charge in [-0.1, -0.05) is 24.3 Å². The quantitative estimate of drug-likeness (QED) is 0.847. The van der Waals surface area contributed by atoms with Gasteiger partial charge in [-0.05, 0) is 42.0 Å². The van der Waals surface area contributed by atoms with Crippen LogP contribution in [0.25, 0.3) is 0 Å². The number of rotatable bonds is 6. The van der Waals surface area contributed by atoms with Gasteiger partial charge in [-0.25, -0.2) is 0 Å². The third-order valence-electron chi connectivity index (χ3n) is 5.04. The molecule has 0 radical (unpaired) electrons. The molecule has 2 aromatic rings. The summed E-state index contributed by atoms with van der Waals surface area (Å²) in [7, 11) is 0. The van der Waals surface area contributed by atoms with E-state index in [4.69, 9.17) is 14.2 Å². The number of aliphatic hydroxyl groups excluding tert-OH is 1. The summed E-state index contributed by atoms with van der Waals surface area (Å²) >= 11 is 0. The Morgan fingerprint density at radius 1 is 1.15 bits per heavy atom. The van der Waals surface area contributed by atoms with E-state index in [2.05, 4.69) is 6.07 Å². The summed E-state index contributed by atoms with van der Waals surface area (Å²) in [6, 6.07) is 13.3. The lowest BCUT2D eigenvalue weighted by Crippen LogP contribution is -2.33. The lowest BCUT2D eigenvalue weighted by atomic mass is 9.97. The molecule has 1 amide bonds. The molecule has 2 aliphatic rings. The second-order valence-electron chi connectivity index (χ2n) is 6.98. The van der Waals surface area contributed by atoms with Gasteiger partial charge < -0.3 is 24.2 Å². The Kier molecular flexibility index (Phi) is 5.16. The van der Waals surface area contributed by atoms with Crippen LogP contribution in [0.4, 0.5) is 0 Å². The molecule has 0 spiro atoms. The summed E-state index contributed by atoms with van der Waals surface area (Å²) in [5.41, 5.74) is 2.13. The van der Waals surface area contributed by atoms with Crippen molar-refractivity contribution in [3.05, 3.63) is 53.6 Å². The average Bonchev–Trinajstić information content (AvgIpc) is 3.35. The molecular formula is C21H23NO5. The van der Waals surface area contributed by atoms with Crippen LogP contribution in [0.2, 0.25) is 0 Å². The average molecular weight is 369 g/mol. The summed E-state index contributed by atoms with van der Waals surface area (Å²) in [6.07, 6.45) is 1.90. The fraction of sp³-hybridized carbons (Fsp3) is 0.381. The Hall–Kier alpha value is -2.73. The molecule has 0 aliphatic carbocycles. The number of benzene rings is 2. The van der Waals surface area contributed by atoms with Gasteiger partial charge in [-0.2, -0.15) is 0 Å². The van der Waals surface area contributed by atoms with Crippen molar-refractivity contribution in [2.45, 2.75) is 19.4 Å². The van der Waals surface area contributed by atoms with Gasteiger partial charge >= 0.3 is 0 Å². The smallest absolute Gasteiger partial charge is 0.260 e. The summed E-state index contributed by atoms with van der Waals surface area (Å²) in [5, 5.41) is 9.26. The van der Waals surface area contributed by atoms with E-state index in [1.807, 2.05) is 23.1 Å². The van der Waals surface area contributed by atoms with Crippen LogP contribution in [-0.4, -0.2) is 42.4 Å². The predicted octanol–water partition coefficient (Wildman–Crippen LogP) is 2.38. The number of carbonyl (C=O) groups excluding carboxylic acids is 1. The van der Waals surface area contributed by atoms with Gasteiger partial charge in [0.15, 0.2) is 18.1 Å². The minimum Gasteiger partial charge on any atom is -0.484 e. The van der Waals surface area contributed by atoms with Crippen LogP contribution in [0.15, 0.2) is 42.5 Å². The van der Waals surface area contributed by atoms with Gasteiger partial charge in [0, 0.05) is 19.2 Å². The number of likely N-dealkylation sites (tertiary alicyclic amines) is 1. The highest BCUT2D eigenvalue weighted by Gasteiger charge is 2.26. The van der Waals surface area contributed by atoms with E-state index < -0.39 is 0 Å². The highest BCUT2D eigenvalue weighted by Crippen LogP contribution is 2.35. The fourth-order valence-corrected chi connectivity index (χ4v) is 3.62. The Morgan fingerprint density at radius 2 is 2.00 bits per heavy atom. The highest BCUT2D eigenvalue weighted by atomic mass is 16.7. The molecule has 1 atom stereocenters. The van der Waals surface area contributed by atoms with Crippen molar-refractivity contribution in [2.75, 3.05) is 26.5 Å². The van der Waals surface area contributed by atoms with E-state index in [1.54, 1.807) is 18.2 Å². The number of fused-ring (bicyclic) bond motifs is 1. The van der Waals surface area contributed by atoms with Crippen LogP contribution in [0.5, 0.6) is 17.2 Å². The van der Waals surface area contributed by atoms with E-state index in [9.17, 15) is 9.90 Å². The molecule has 4 rings (SSSR count). The normalized spacial score (nSPS) is 18.0. The minimum absolute atomic E-state index is 0.000671. The lowest BCUT2D eigenvalue weighted by molar-refractivity contribution is -0.132. The standard InChI is InChI=1S/C21H23NO5/c23-12-17-3-1-2-15(9-17)8-16-6-7-22(11-16)21(24)13-25-18-4-5-19-20(10-18)27-14-26-19/h1-5,9-10,16,23H,6-8,11-14H2/t16-/m0/s1. The van der Waals surface area contributed by atoms with Crippen molar-refractivity contribution in [2.24, 2.45) is 5.92 Å². The van der Waals surface area contributed by atoms with Gasteiger partial charge in [0.2, 0.25) is 6.79 Å². The van der Waals surface area contributed by atoms with Crippen LogP contribution >= 0.6 is 0 Å². The van der Waals surface area contributed by atoms with Gasteiger partial charge in [-0.15, -0.1) is 0 Å². The summed E-state index contributed by atoms with van der Waals surface area (Å²) in [6.45, 7) is 1.79. The van der Waals surface area contributed by atoms with E-state index in [0.29, 0.717) is 23.2 Å². The molecule has 2 aliphatic heterocycles. The minimum atomic E-state index is -0.000671. The molecule has 6 heteroatoms. The molecular weight excluding hydrogens is 346 g/mol. The number of hydrogen-bond acceptors (Lipinski definition) is 5.